The maximum absolute atomic E-state index is 12.5. The first-order chi connectivity index (χ1) is 9.50. The minimum Gasteiger partial charge on any atom is -0.427 e. The lowest BCUT2D eigenvalue weighted by molar-refractivity contribution is 0.476. The van der Waals surface area contributed by atoms with E-state index in [0.717, 1.165) is 13.0 Å². The number of benzene rings is 1. The molecule has 2 heterocycles. The van der Waals surface area contributed by atoms with Crippen molar-refractivity contribution in [2.75, 3.05) is 0 Å². The second-order valence-corrected chi connectivity index (χ2v) is 8.34. The van der Waals surface area contributed by atoms with E-state index in [1.54, 1.807) is 24.3 Å². The zero-order chi connectivity index (χ0) is 14.3. The number of thiophene rings is 1. The van der Waals surface area contributed by atoms with Crippen LogP contribution in [0.15, 0.2) is 50.2 Å². The van der Waals surface area contributed by atoms with Gasteiger partial charge in [0.05, 0.1) is 14.9 Å². The van der Waals surface area contributed by atoms with Gasteiger partial charge in [0.15, 0.2) is 0 Å². The Bertz CT molecular complexity index is 776. The highest BCUT2D eigenvalue weighted by atomic mass is 79.9. The lowest BCUT2D eigenvalue weighted by Crippen LogP contribution is -2.51. The monoisotopic (exact) mass is 370 g/mol. The molecule has 1 aromatic carbocycles. The van der Waals surface area contributed by atoms with Gasteiger partial charge in [-0.2, -0.15) is 9.43 Å². The van der Waals surface area contributed by atoms with Crippen LogP contribution in [0.25, 0.3) is 0 Å². The van der Waals surface area contributed by atoms with Crippen LogP contribution < -0.4 is 5.46 Å². The van der Waals surface area contributed by atoms with E-state index in [0.29, 0.717) is 5.46 Å². The fourth-order valence-electron chi connectivity index (χ4n) is 1.87. The quantitative estimate of drug-likeness (QED) is 0.808. The fourth-order valence-corrected chi connectivity index (χ4v) is 4.69. The number of rotatable bonds is 2. The lowest BCUT2D eigenvalue weighted by Gasteiger charge is -2.24. The van der Waals surface area contributed by atoms with Crippen LogP contribution in [0.4, 0.5) is 0 Å². The first kappa shape index (κ1) is 13.8. The van der Waals surface area contributed by atoms with Gasteiger partial charge >= 0.3 is 7.05 Å². The topological polar surface area (TPSA) is 70.0 Å². The fraction of sp³-hybridized carbons (Fsp3) is 0. The molecule has 1 aliphatic heterocycles. The normalized spacial score (nSPS) is 14.5. The zero-order valence-corrected chi connectivity index (χ0v) is 13.2. The van der Waals surface area contributed by atoms with E-state index in [-0.39, 0.29) is 4.90 Å². The Balaban J connectivity index is 2.05. The summed E-state index contributed by atoms with van der Waals surface area (Å²) in [5.74, 6) is 0. The number of hydrazone groups is 1. The molecule has 0 spiro atoms. The molecule has 102 valence electrons. The smallest absolute Gasteiger partial charge is 0.427 e. The van der Waals surface area contributed by atoms with E-state index in [9.17, 15) is 13.4 Å². The van der Waals surface area contributed by atoms with Crippen LogP contribution in [0.2, 0.25) is 0 Å². The van der Waals surface area contributed by atoms with Crippen LogP contribution in [0.3, 0.4) is 0 Å². The van der Waals surface area contributed by atoms with E-state index in [1.807, 2.05) is 0 Å². The van der Waals surface area contributed by atoms with Gasteiger partial charge < -0.3 is 5.02 Å². The maximum Gasteiger partial charge on any atom is 0.485 e. The molecule has 3 rings (SSSR count). The number of hydrogen-bond donors (Lipinski definition) is 1. The van der Waals surface area contributed by atoms with Crippen LogP contribution in [0, 0.1) is 0 Å². The lowest BCUT2D eigenvalue weighted by atomic mass is 9.75. The third-order valence-corrected chi connectivity index (χ3v) is 6.07. The highest BCUT2D eigenvalue weighted by Gasteiger charge is 2.39. The Morgan fingerprint density at radius 2 is 2.00 bits per heavy atom. The van der Waals surface area contributed by atoms with E-state index >= 15 is 0 Å². The van der Waals surface area contributed by atoms with Crippen molar-refractivity contribution >= 4 is 56.0 Å². The molecule has 0 fully saturated rings. The molecule has 2 aromatic rings. The standard InChI is InChI=1S/C11H8BBrN2O3S2/c13-11-6-9-10(19-11)7-14-15(12(9)16)20(17,18)8-4-2-1-3-5-8/h1-7,16H. The minimum absolute atomic E-state index is 0.0916. The molecule has 0 bridgehead atoms. The Hall–Kier alpha value is -1.16. The second-order valence-electron chi connectivity index (χ2n) is 4.08. The first-order valence-electron chi connectivity index (χ1n) is 5.61. The third-order valence-electron chi connectivity index (χ3n) is 2.82. The summed E-state index contributed by atoms with van der Waals surface area (Å²) in [5.41, 5.74) is 0.524. The largest absolute Gasteiger partial charge is 0.485 e. The summed E-state index contributed by atoms with van der Waals surface area (Å²) in [6, 6.07) is 9.61. The Morgan fingerprint density at radius 1 is 1.30 bits per heavy atom. The molecule has 0 saturated carbocycles. The summed E-state index contributed by atoms with van der Waals surface area (Å²) in [7, 11) is -5.19. The molecule has 0 unspecified atom stereocenters. The average molecular weight is 371 g/mol. The van der Waals surface area contributed by atoms with Crippen molar-refractivity contribution in [3.05, 3.63) is 45.1 Å². The molecular formula is C11H8BBrN2O3S2. The summed E-state index contributed by atoms with van der Waals surface area (Å²) in [6.45, 7) is 0. The minimum atomic E-state index is -3.87. The van der Waals surface area contributed by atoms with Crippen LogP contribution in [-0.4, -0.2) is 31.0 Å². The van der Waals surface area contributed by atoms with Gasteiger partial charge in [0.2, 0.25) is 0 Å². The van der Waals surface area contributed by atoms with E-state index in [2.05, 4.69) is 21.0 Å². The van der Waals surface area contributed by atoms with Gasteiger partial charge in [0.25, 0.3) is 10.0 Å². The predicted molar refractivity (Wildman–Crippen MR) is 82.7 cm³/mol. The molecule has 0 amide bonds. The number of halogens is 1. The number of nitrogens with zero attached hydrogens (tertiary/aromatic N) is 2. The highest BCUT2D eigenvalue weighted by Crippen LogP contribution is 2.25. The van der Waals surface area contributed by atoms with Gasteiger partial charge in [-0.25, -0.2) is 8.42 Å². The van der Waals surface area contributed by atoms with E-state index in [1.165, 1.54) is 29.7 Å². The predicted octanol–water partition coefficient (Wildman–Crippen LogP) is 1.24. The van der Waals surface area contributed by atoms with E-state index in [4.69, 9.17) is 0 Å². The molecule has 0 radical (unpaired) electrons. The van der Waals surface area contributed by atoms with Gasteiger partial charge in [-0.15, -0.1) is 11.3 Å². The molecule has 5 nitrogen and oxygen atoms in total. The van der Waals surface area contributed by atoms with Crippen molar-refractivity contribution in [2.24, 2.45) is 5.10 Å². The van der Waals surface area contributed by atoms with Crippen molar-refractivity contribution in [1.29, 1.82) is 0 Å². The second kappa shape index (κ2) is 4.99. The van der Waals surface area contributed by atoms with Gasteiger partial charge in [-0.1, -0.05) is 18.2 Å². The number of sulfonamides is 1. The van der Waals surface area contributed by atoms with Gasteiger partial charge in [-0.3, -0.25) is 0 Å². The molecular weight excluding hydrogens is 363 g/mol. The molecule has 9 heteroatoms. The summed E-state index contributed by atoms with van der Waals surface area (Å²) in [5, 5.41) is 14.1. The van der Waals surface area contributed by atoms with Crippen LogP contribution >= 0.6 is 27.3 Å². The van der Waals surface area contributed by atoms with Gasteiger partial charge in [0, 0.05) is 4.88 Å². The van der Waals surface area contributed by atoms with Crippen molar-refractivity contribution < 1.29 is 13.4 Å². The Morgan fingerprint density at radius 3 is 2.70 bits per heavy atom. The highest BCUT2D eigenvalue weighted by molar-refractivity contribution is 9.11. The van der Waals surface area contributed by atoms with Crippen molar-refractivity contribution in [1.82, 2.24) is 4.33 Å². The molecule has 1 aromatic heterocycles. The average Bonchev–Trinajstić information content (AvgIpc) is 2.81. The van der Waals surface area contributed by atoms with Crippen LogP contribution in [0.5, 0.6) is 0 Å². The summed E-state index contributed by atoms with van der Waals surface area (Å²) < 4.78 is 26.5. The molecule has 0 saturated heterocycles. The molecule has 20 heavy (non-hydrogen) atoms. The van der Waals surface area contributed by atoms with Crippen molar-refractivity contribution in [3.8, 4) is 0 Å². The molecule has 1 N–H and O–H groups in total. The maximum atomic E-state index is 12.5. The van der Waals surface area contributed by atoms with Gasteiger partial charge in [-0.05, 0) is 39.6 Å². The third kappa shape index (κ3) is 2.20. The number of hydrogen-bond acceptors (Lipinski definition) is 5. The summed E-state index contributed by atoms with van der Waals surface area (Å²) >= 11 is 4.70. The number of fused-ring (bicyclic) bond motifs is 1. The Kier molecular flexibility index (Phi) is 3.45. The summed E-state index contributed by atoms with van der Waals surface area (Å²) in [4.78, 5) is 0.831. The van der Waals surface area contributed by atoms with E-state index < -0.39 is 17.1 Å². The van der Waals surface area contributed by atoms with Crippen molar-refractivity contribution in [2.45, 2.75) is 4.90 Å². The first-order valence-corrected chi connectivity index (χ1v) is 8.66. The van der Waals surface area contributed by atoms with Crippen molar-refractivity contribution in [3.63, 3.8) is 0 Å². The molecule has 0 aliphatic carbocycles. The molecule has 1 aliphatic rings. The Labute approximate surface area is 128 Å². The van der Waals surface area contributed by atoms with Crippen LogP contribution in [0.1, 0.15) is 4.88 Å². The van der Waals surface area contributed by atoms with Crippen LogP contribution in [-0.2, 0) is 10.0 Å². The zero-order valence-electron chi connectivity index (χ0n) is 9.97. The SMILES string of the molecule is O=S(=O)(c1ccccc1)N1N=Cc2sc(Br)cc2B1O. The molecule has 0 atom stereocenters. The van der Waals surface area contributed by atoms with Gasteiger partial charge in [0.1, 0.15) is 0 Å². The summed E-state index contributed by atoms with van der Waals surface area (Å²) in [6.07, 6.45) is 1.44.